The quantitative estimate of drug-likeness (QED) is 0.581. The maximum Gasteiger partial charge on any atom is 0.216 e. The van der Waals surface area contributed by atoms with E-state index in [1.165, 1.54) is 0 Å². The summed E-state index contributed by atoms with van der Waals surface area (Å²) >= 11 is 23.7. The van der Waals surface area contributed by atoms with E-state index in [2.05, 4.69) is 0 Å². The monoisotopic (exact) mass is 304 g/mol. The topological polar surface area (TPSA) is 0 Å². The van der Waals surface area contributed by atoms with Gasteiger partial charge >= 0.3 is 0 Å². The van der Waals surface area contributed by atoms with E-state index in [1.807, 2.05) is 42.5 Å². The summed E-state index contributed by atoms with van der Waals surface area (Å²) in [7, 11) is 0. The number of benzene rings is 2. The summed E-state index contributed by atoms with van der Waals surface area (Å²) in [6, 6.07) is 14.9. The van der Waals surface area contributed by atoms with Gasteiger partial charge in [0.05, 0.1) is 0 Å². The Hall–Kier alpha value is -0.400. The van der Waals surface area contributed by atoms with E-state index in [-0.39, 0.29) is 0 Å². The molecule has 0 saturated carbocycles. The van der Waals surface area contributed by atoms with E-state index in [0.717, 1.165) is 11.1 Å². The molecule has 0 fully saturated rings. The lowest BCUT2D eigenvalue weighted by Gasteiger charge is -2.13. The van der Waals surface area contributed by atoms with Crippen LogP contribution in [0.5, 0.6) is 0 Å². The van der Waals surface area contributed by atoms with Gasteiger partial charge in [0.15, 0.2) is 0 Å². The van der Waals surface area contributed by atoms with Crippen LogP contribution in [-0.4, -0.2) is 0 Å². The highest BCUT2D eigenvalue weighted by molar-refractivity contribution is 6.66. The first kappa shape index (κ1) is 13.0. The molecule has 0 aliphatic carbocycles. The van der Waals surface area contributed by atoms with Crippen molar-refractivity contribution in [2.75, 3.05) is 0 Å². The first-order chi connectivity index (χ1) is 7.98. The Balaban J connectivity index is 2.51. The molecular formula is C13H8Cl4. The van der Waals surface area contributed by atoms with Crippen molar-refractivity contribution in [3.05, 3.63) is 59.1 Å². The van der Waals surface area contributed by atoms with E-state index in [1.54, 1.807) is 6.07 Å². The second-order valence-corrected chi connectivity index (χ2v) is 6.25. The lowest BCUT2D eigenvalue weighted by atomic mass is 10.0. The SMILES string of the molecule is Clc1ccccc1-c1cccc(C(Cl)(Cl)Cl)c1. The third kappa shape index (κ3) is 3.08. The Morgan fingerprint density at radius 3 is 2.18 bits per heavy atom. The second-order valence-electron chi connectivity index (χ2n) is 3.56. The summed E-state index contributed by atoms with van der Waals surface area (Å²) in [6.07, 6.45) is 0. The Bertz CT molecular complexity index is 529. The first-order valence-electron chi connectivity index (χ1n) is 4.90. The van der Waals surface area contributed by atoms with E-state index < -0.39 is 3.79 Å². The van der Waals surface area contributed by atoms with Gasteiger partial charge in [-0.1, -0.05) is 82.8 Å². The predicted octanol–water partition coefficient (Wildman–Crippen LogP) is 5.83. The van der Waals surface area contributed by atoms with Crippen LogP contribution >= 0.6 is 46.4 Å². The molecule has 0 atom stereocenters. The zero-order valence-electron chi connectivity index (χ0n) is 8.63. The lowest BCUT2D eigenvalue weighted by Crippen LogP contribution is -1.99. The Morgan fingerprint density at radius 1 is 0.824 bits per heavy atom. The molecule has 0 unspecified atom stereocenters. The molecule has 88 valence electrons. The minimum absolute atomic E-state index is 0.625. The largest absolute Gasteiger partial charge is 0.216 e. The maximum absolute atomic E-state index is 6.13. The van der Waals surface area contributed by atoms with E-state index in [0.29, 0.717) is 10.6 Å². The van der Waals surface area contributed by atoms with Crippen LogP contribution in [0.25, 0.3) is 11.1 Å². The zero-order valence-corrected chi connectivity index (χ0v) is 11.7. The molecule has 2 aromatic rings. The van der Waals surface area contributed by atoms with Crippen molar-refractivity contribution in [2.45, 2.75) is 3.79 Å². The Kier molecular flexibility index (Phi) is 3.89. The molecule has 0 N–H and O–H groups in total. The van der Waals surface area contributed by atoms with Crippen LogP contribution in [0.2, 0.25) is 5.02 Å². The van der Waals surface area contributed by atoms with Gasteiger partial charge in [0, 0.05) is 16.1 Å². The van der Waals surface area contributed by atoms with Crippen molar-refractivity contribution >= 4 is 46.4 Å². The molecular weight excluding hydrogens is 298 g/mol. The minimum atomic E-state index is -1.42. The summed E-state index contributed by atoms with van der Waals surface area (Å²) in [5.74, 6) is 0. The van der Waals surface area contributed by atoms with Gasteiger partial charge in [0.25, 0.3) is 0 Å². The van der Waals surface area contributed by atoms with E-state index in [9.17, 15) is 0 Å². The molecule has 2 aromatic carbocycles. The standard InChI is InChI=1S/C13H8Cl4/c14-12-7-2-1-6-11(12)9-4-3-5-10(8-9)13(15,16)17/h1-8H. The molecule has 0 saturated heterocycles. The average molecular weight is 306 g/mol. The predicted molar refractivity (Wildman–Crippen MR) is 76.1 cm³/mol. The van der Waals surface area contributed by atoms with Crippen LogP contribution in [0, 0.1) is 0 Å². The van der Waals surface area contributed by atoms with E-state index in [4.69, 9.17) is 46.4 Å². The molecule has 0 aromatic heterocycles. The van der Waals surface area contributed by atoms with Gasteiger partial charge in [-0.3, -0.25) is 0 Å². The second kappa shape index (κ2) is 5.07. The number of halogens is 4. The highest BCUT2D eigenvalue weighted by Crippen LogP contribution is 2.40. The van der Waals surface area contributed by atoms with Gasteiger partial charge in [-0.15, -0.1) is 0 Å². The molecule has 0 bridgehead atoms. The Labute approximate surface area is 120 Å². The van der Waals surface area contributed by atoms with Crippen LogP contribution in [0.15, 0.2) is 48.5 Å². The molecule has 0 spiro atoms. The third-order valence-corrected chi connectivity index (χ3v) is 3.36. The fraction of sp³-hybridized carbons (Fsp3) is 0.0769. The summed E-state index contributed by atoms with van der Waals surface area (Å²) in [4.78, 5) is 0. The van der Waals surface area contributed by atoms with Gasteiger partial charge in [-0.2, -0.15) is 0 Å². The summed E-state index contributed by atoms with van der Waals surface area (Å²) in [5.41, 5.74) is 2.48. The van der Waals surface area contributed by atoms with Crippen LogP contribution in [0.1, 0.15) is 5.56 Å². The maximum atomic E-state index is 6.13. The fourth-order valence-corrected chi connectivity index (χ4v) is 2.16. The normalized spacial score (nSPS) is 11.5. The van der Waals surface area contributed by atoms with Crippen LogP contribution in [-0.2, 0) is 3.79 Å². The van der Waals surface area contributed by atoms with Gasteiger partial charge < -0.3 is 0 Å². The van der Waals surface area contributed by atoms with Gasteiger partial charge in [0.2, 0.25) is 3.79 Å². The number of alkyl halides is 3. The van der Waals surface area contributed by atoms with Gasteiger partial charge in [-0.25, -0.2) is 0 Å². The van der Waals surface area contributed by atoms with Crippen LogP contribution in [0.4, 0.5) is 0 Å². The molecule has 0 aliphatic heterocycles. The smallest absolute Gasteiger partial charge is 0.0837 e. The third-order valence-electron chi connectivity index (χ3n) is 2.37. The summed E-state index contributed by atoms with van der Waals surface area (Å²) < 4.78 is -1.42. The van der Waals surface area contributed by atoms with Gasteiger partial charge in [-0.05, 0) is 17.7 Å². The molecule has 0 amide bonds. The Morgan fingerprint density at radius 2 is 1.53 bits per heavy atom. The van der Waals surface area contributed by atoms with Crippen molar-refractivity contribution in [3.63, 3.8) is 0 Å². The molecule has 17 heavy (non-hydrogen) atoms. The minimum Gasteiger partial charge on any atom is -0.0837 e. The molecule has 0 radical (unpaired) electrons. The molecule has 0 heterocycles. The van der Waals surface area contributed by atoms with E-state index >= 15 is 0 Å². The van der Waals surface area contributed by atoms with Crippen molar-refractivity contribution in [3.8, 4) is 11.1 Å². The molecule has 0 aliphatic rings. The highest BCUT2D eigenvalue weighted by Gasteiger charge is 2.22. The van der Waals surface area contributed by atoms with Crippen molar-refractivity contribution < 1.29 is 0 Å². The number of hydrogen-bond acceptors (Lipinski definition) is 0. The van der Waals surface area contributed by atoms with Crippen molar-refractivity contribution in [1.29, 1.82) is 0 Å². The van der Waals surface area contributed by atoms with Crippen molar-refractivity contribution in [1.82, 2.24) is 0 Å². The lowest BCUT2D eigenvalue weighted by molar-refractivity contribution is 1.24. The van der Waals surface area contributed by atoms with Crippen molar-refractivity contribution in [2.24, 2.45) is 0 Å². The van der Waals surface area contributed by atoms with Crippen LogP contribution in [0.3, 0.4) is 0 Å². The first-order valence-corrected chi connectivity index (χ1v) is 6.42. The number of rotatable bonds is 1. The molecule has 2 rings (SSSR count). The average Bonchev–Trinajstić information content (AvgIpc) is 2.29. The fourth-order valence-electron chi connectivity index (χ4n) is 1.56. The number of hydrogen-bond donors (Lipinski definition) is 0. The van der Waals surface area contributed by atoms with Crippen LogP contribution < -0.4 is 0 Å². The molecule has 0 nitrogen and oxygen atoms in total. The summed E-state index contributed by atoms with van der Waals surface area (Å²) in [6.45, 7) is 0. The highest BCUT2D eigenvalue weighted by atomic mass is 35.6. The zero-order chi connectivity index (χ0) is 12.5. The molecule has 4 heteroatoms. The van der Waals surface area contributed by atoms with Gasteiger partial charge in [0.1, 0.15) is 0 Å². The summed E-state index contributed by atoms with van der Waals surface area (Å²) in [5, 5.41) is 0.675.